The molecule has 1 aromatic heterocycles. The van der Waals surface area contributed by atoms with Crippen LogP contribution in [-0.2, 0) is 6.42 Å². The molecule has 2 aromatic carbocycles. The van der Waals surface area contributed by atoms with Gasteiger partial charge in [-0.1, -0.05) is 36.4 Å². The van der Waals surface area contributed by atoms with Gasteiger partial charge >= 0.3 is 0 Å². The van der Waals surface area contributed by atoms with E-state index in [1.165, 1.54) is 16.6 Å². The van der Waals surface area contributed by atoms with Gasteiger partial charge in [-0.05, 0) is 37.1 Å². The van der Waals surface area contributed by atoms with Crippen molar-refractivity contribution in [3.8, 4) is 5.69 Å². The molecule has 23 heavy (non-hydrogen) atoms. The molecular formula is C18H16N4O. The maximum Gasteiger partial charge on any atom is 0.280 e. The lowest BCUT2D eigenvalue weighted by Gasteiger charge is -2.21. The highest BCUT2D eigenvalue weighted by Crippen LogP contribution is 2.32. The minimum Gasteiger partial charge on any atom is -0.304 e. The van der Waals surface area contributed by atoms with Crippen LogP contribution < -0.4 is 4.90 Å². The molecule has 4 rings (SSSR count). The third-order valence-electron chi connectivity index (χ3n) is 4.12. The summed E-state index contributed by atoms with van der Waals surface area (Å²) in [6.45, 7) is 2.06. The van der Waals surface area contributed by atoms with E-state index in [1.54, 1.807) is 0 Å². The van der Waals surface area contributed by atoms with Crippen LogP contribution in [0.1, 0.15) is 23.0 Å². The second-order valence-corrected chi connectivity index (χ2v) is 5.71. The SMILES string of the molecule is C[C@H]1Cc2ccccc2N1C(=O)c1cnn(-c2ccccc2)n1. The Morgan fingerprint density at radius 2 is 1.83 bits per heavy atom. The van der Waals surface area contributed by atoms with E-state index in [0.717, 1.165) is 17.8 Å². The molecule has 1 aliphatic heterocycles. The normalized spacial score (nSPS) is 16.4. The number of fused-ring (bicyclic) bond motifs is 1. The summed E-state index contributed by atoms with van der Waals surface area (Å²) in [5, 5.41) is 8.56. The number of hydrogen-bond acceptors (Lipinski definition) is 3. The third kappa shape index (κ3) is 2.30. The molecule has 5 heteroatoms. The third-order valence-corrected chi connectivity index (χ3v) is 4.12. The lowest BCUT2D eigenvalue weighted by atomic mass is 10.1. The van der Waals surface area contributed by atoms with Gasteiger partial charge in [-0.25, -0.2) is 0 Å². The van der Waals surface area contributed by atoms with E-state index in [2.05, 4.69) is 23.2 Å². The smallest absolute Gasteiger partial charge is 0.280 e. The first-order valence-corrected chi connectivity index (χ1v) is 7.63. The summed E-state index contributed by atoms with van der Waals surface area (Å²) in [5.74, 6) is -0.107. The average molecular weight is 304 g/mol. The van der Waals surface area contributed by atoms with Crippen molar-refractivity contribution in [2.75, 3.05) is 4.90 Å². The molecule has 0 N–H and O–H groups in total. The molecule has 0 spiro atoms. The number of benzene rings is 2. The zero-order valence-electron chi connectivity index (χ0n) is 12.8. The van der Waals surface area contributed by atoms with Crippen molar-refractivity contribution >= 4 is 11.6 Å². The monoisotopic (exact) mass is 304 g/mol. The topological polar surface area (TPSA) is 51.0 Å². The number of hydrogen-bond donors (Lipinski definition) is 0. The van der Waals surface area contributed by atoms with Crippen LogP contribution in [0.2, 0.25) is 0 Å². The maximum atomic E-state index is 12.9. The van der Waals surface area contributed by atoms with Gasteiger partial charge in [0.15, 0.2) is 5.69 Å². The van der Waals surface area contributed by atoms with E-state index in [-0.39, 0.29) is 11.9 Å². The Labute approximate surface area is 134 Å². The number of rotatable bonds is 2. The van der Waals surface area contributed by atoms with E-state index >= 15 is 0 Å². The van der Waals surface area contributed by atoms with Gasteiger partial charge in [0.1, 0.15) is 0 Å². The van der Waals surface area contributed by atoms with Crippen LogP contribution in [0.4, 0.5) is 5.69 Å². The molecular weight excluding hydrogens is 288 g/mol. The van der Waals surface area contributed by atoms with Crippen LogP contribution in [0.15, 0.2) is 60.8 Å². The number of carbonyl (C=O) groups excluding carboxylic acids is 1. The Morgan fingerprint density at radius 1 is 1.09 bits per heavy atom. The largest absolute Gasteiger partial charge is 0.304 e. The summed E-state index contributed by atoms with van der Waals surface area (Å²) in [6.07, 6.45) is 2.40. The molecule has 0 fully saturated rings. The highest BCUT2D eigenvalue weighted by molar-refractivity contribution is 6.06. The quantitative estimate of drug-likeness (QED) is 0.731. The fraction of sp³-hybridized carbons (Fsp3) is 0.167. The molecule has 5 nitrogen and oxygen atoms in total. The van der Waals surface area contributed by atoms with Crippen molar-refractivity contribution in [2.24, 2.45) is 0 Å². The standard InChI is InChI=1S/C18H16N4O/c1-13-11-14-7-5-6-10-17(14)21(13)18(23)16-12-19-22(20-16)15-8-3-2-4-9-15/h2-10,12-13H,11H2,1H3/t13-/m0/s1. The number of nitrogens with zero attached hydrogens (tertiary/aromatic N) is 4. The van der Waals surface area contributed by atoms with Crippen LogP contribution in [0.5, 0.6) is 0 Å². The molecule has 0 radical (unpaired) electrons. The molecule has 0 saturated carbocycles. The van der Waals surface area contributed by atoms with Crippen molar-refractivity contribution in [3.63, 3.8) is 0 Å². The molecule has 1 amide bonds. The molecule has 0 aliphatic carbocycles. The lowest BCUT2D eigenvalue weighted by molar-refractivity contribution is 0.0976. The zero-order valence-corrected chi connectivity index (χ0v) is 12.8. The summed E-state index contributed by atoms with van der Waals surface area (Å²) in [4.78, 5) is 16.2. The number of aromatic nitrogens is 3. The molecule has 0 bridgehead atoms. The molecule has 114 valence electrons. The highest BCUT2D eigenvalue weighted by Gasteiger charge is 2.32. The van der Waals surface area contributed by atoms with Crippen LogP contribution in [0, 0.1) is 0 Å². The van der Waals surface area contributed by atoms with Crippen molar-refractivity contribution < 1.29 is 4.79 Å². The highest BCUT2D eigenvalue weighted by atomic mass is 16.2. The van der Waals surface area contributed by atoms with Crippen molar-refractivity contribution in [1.29, 1.82) is 0 Å². The summed E-state index contributed by atoms with van der Waals surface area (Å²) >= 11 is 0. The molecule has 1 atom stereocenters. The van der Waals surface area contributed by atoms with Gasteiger partial charge in [0.2, 0.25) is 0 Å². The van der Waals surface area contributed by atoms with Gasteiger partial charge in [0.05, 0.1) is 11.9 Å². The summed E-state index contributed by atoms with van der Waals surface area (Å²) in [7, 11) is 0. The van der Waals surface area contributed by atoms with Crippen molar-refractivity contribution in [1.82, 2.24) is 15.0 Å². The molecule has 1 aliphatic rings. The first kappa shape index (κ1) is 13.7. The Kier molecular flexibility index (Phi) is 3.19. The van der Waals surface area contributed by atoms with Crippen LogP contribution in [0.25, 0.3) is 5.69 Å². The van der Waals surface area contributed by atoms with Gasteiger partial charge in [0, 0.05) is 11.7 Å². The van der Waals surface area contributed by atoms with Crippen molar-refractivity contribution in [3.05, 3.63) is 72.1 Å². The van der Waals surface area contributed by atoms with Gasteiger partial charge in [0.25, 0.3) is 5.91 Å². The maximum absolute atomic E-state index is 12.9. The van der Waals surface area contributed by atoms with Gasteiger partial charge in [-0.15, -0.1) is 5.10 Å². The van der Waals surface area contributed by atoms with E-state index in [9.17, 15) is 4.79 Å². The van der Waals surface area contributed by atoms with Gasteiger partial charge < -0.3 is 4.90 Å². The first-order valence-electron chi connectivity index (χ1n) is 7.63. The Morgan fingerprint density at radius 3 is 2.65 bits per heavy atom. The van der Waals surface area contributed by atoms with E-state index in [4.69, 9.17) is 0 Å². The molecule has 2 heterocycles. The summed E-state index contributed by atoms with van der Waals surface area (Å²) in [6, 6.07) is 17.7. The Bertz CT molecular complexity index is 856. The predicted molar refractivity (Wildman–Crippen MR) is 87.8 cm³/mol. The number of carbonyl (C=O) groups is 1. The summed E-state index contributed by atoms with van der Waals surface area (Å²) in [5.41, 5.74) is 3.36. The van der Waals surface area contributed by atoms with Gasteiger partial charge in [-0.2, -0.15) is 9.90 Å². The van der Waals surface area contributed by atoms with Crippen LogP contribution in [-0.4, -0.2) is 26.9 Å². The second kappa shape index (κ2) is 5.35. The zero-order chi connectivity index (χ0) is 15.8. The number of amides is 1. The molecule has 0 saturated heterocycles. The van der Waals surface area contributed by atoms with E-state index < -0.39 is 0 Å². The van der Waals surface area contributed by atoms with Gasteiger partial charge in [-0.3, -0.25) is 4.79 Å². The average Bonchev–Trinajstić information content (AvgIpc) is 3.19. The van der Waals surface area contributed by atoms with Crippen molar-refractivity contribution in [2.45, 2.75) is 19.4 Å². The lowest BCUT2D eigenvalue weighted by Crippen LogP contribution is -2.36. The predicted octanol–water partition coefficient (Wildman–Crippen LogP) is 2.86. The summed E-state index contributed by atoms with van der Waals surface area (Å²) < 4.78 is 0. The number of anilines is 1. The Balaban J connectivity index is 1.67. The Hall–Kier alpha value is -2.95. The van der Waals surface area contributed by atoms with Crippen LogP contribution >= 0.6 is 0 Å². The minimum absolute atomic E-state index is 0.107. The second-order valence-electron chi connectivity index (χ2n) is 5.71. The minimum atomic E-state index is -0.107. The fourth-order valence-corrected chi connectivity index (χ4v) is 3.05. The molecule has 3 aromatic rings. The van der Waals surface area contributed by atoms with Crippen LogP contribution in [0.3, 0.4) is 0 Å². The first-order chi connectivity index (χ1) is 11.2. The van der Waals surface area contributed by atoms with E-state index in [0.29, 0.717) is 5.69 Å². The fourth-order valence-electron chi connectivity index (χ4n) is 3.05. The van der Waals surface area contributed by atoms with E-state index in [1.807, 2.05) is 53.4 Å². The number of para-hydroxylation sites is 2. The molecule has 0 unspecified atom stereocenters.